The molecule has 1 saturated heterocycles. The lowest BCUT2D eigenvalue weighted by Gasteiger charge is -2.14. The van der Waals surface area contributed by atoms with Crippen LogP contribution in [-0.2, 0) is 20.9 Å². The monoisotopic (exact) mass is 405 g/mol. The van der Waals surface area contributed by atoms with Gasteiger partial charge in [-0.2, -0.15) is 0 Å². The smallest absolute Gasteiger partial charge is 0.338 e. The minimum absolute atomic E-state index is 0.0890. The van der Waals surface area contributed by atoms with E-state index in [1.165, 1.54) is 30.3 Å². The molecule has 7 heteroatoms. The number of anilines is 1. The lowest BCUT2D eigenvalue weighted by Crippen LogP contribution is -2.28. The van der Waals surface area contributed by atoms with Crippen LogP contribution in [0.2, 0.25) is 0 Å². The van der Waals surface area contributed by atoms with Gasteiger partial charge in [0.15, 0.2) is 0 Å². The molecular weight excluding hydrogens is 386 g/mol. The first kappa shape index (κ1) is 19.6. The molecule has 1 aromatic heterocycles. The lowest BCUT2D eigenvalue weighted by molar-refractivity contribution is -0.121. The van der Waals surface area contributed by atoms with Crippen LogP contribution in [0.4, 0.5) is 5.69 Å². The van der Waals surface area contributed by atoms with Gasteiger partial charge in [-0.05, 0) is 61.4 Å². The average Bonchev–Trinajstić information content (AvgIpc) is 3.05. The van der Waals surface area contributed by atoms with Crippen molar-refractivity contribution >= 4 is 34.4 Å². The van der Waals surface area contributed by atoms with Crippen molar-refractivity contribution in [2.45, 2.75) is 33.3 Å². The zero-order valence-electron chi connectivity index (χ0n) is 16.6. The van der Waals surface area contributed by atoms with E-state index in [1.54, 1.807) is 6.07 Å². The molecule has 4 rings (SSSR count). The molecule has 0 unspecified atom stereocenters. The number of rotatable bonds is 4. The van der Waals surface area contributed by atoms with Gasteiger partial charge in [-0.1, -0.05) is 0 Å². The van der Waals surface area contributed by atoms with Crippen molar-refractivity contribution in [3.8, 4) is 0 Å². The van der Waals surface area contributed by atoms with Crippen LogP contribution in [0.1, 0.15) is 39.9 Å². The summed E-state index contributed by atoms with van der Waals surface area (Å²) in [6, 6.07) is 11.1. The number of nitrogens with zero attached hydrogens (tertiary/aromatic N) is 1. The average molecular weight is 405 g/mol. The van der Waals surface area contributed by atoms with E-state index in [2.05, 4.69) is 0 Å². The van der Waals surface area contributed by atoms with Gasteiger partial charge in [0.25, 0.3) is 0 Å². The van der Waals surface area contributed by atoms with Gasteiger partial charge >= 0.3 is 11.6 Å². The number of hydrogen-bond acceptors (Lipinski definition) is 6. The molecule has 0 atom stereocenters. The molecule has 30 heavy (non-hydrogen) atoms. The summed E-state index contributed by atoms with van der Waals surface area (Å²) in [6.45, 7) is 3.79. The zero-order chi connectivity index (χ0) is 21.4. The highest BCUT2D eigenvalue weighted by Gasteiger charge is 2.30. The van der Waals surface area contributed by atoms with Crippen LogP contribution in [0.5, 0.6) is 0 Å². The van der Waals surface area contributed by atoms with Crippen molar-refractivity contribution in [1.82, 2.24) is 0 Å². The van der Waals surface area contributed by atoms with E-state index in [0.29, 0.717) is 22.2 Å². The highest BCUT2D eigenvalue weighted by atomic mass is 16.5. The maximum absolute atomic E-state index is 12.5. The van der Waals surface area contributed by atoms with Crippen LogP contribution < -0.4 is 10.5 Å². The van der Waals surface area contributed by atoms with Crippen molar-refractivity contribution in [2.75, 3.05) is 4.90 Å². The molecule has 3 aromatic rings. The Morgan fingerprint density at radius 3 is 2.27 bits per heavy atom. The van der Waals surface area contributed by atoms with Gasteiger partial charge in [0.1, 0.15) is 12.2 Å². The molecule has 0 bridgehead atoms. The summed E-state index contributed by atoms with van der Waals surface area (Å²) in [6.07, 6.45) is 0.390. The highest BCUT2D eigenvalue weighted by Crippen LogP contribution is 2.24. The third-order valence-electron chi connectivity index (χ3n) is 5.22. The number of amides is 2. The first-order valence-corrected chi connectivity index (χ1v) is 9.50. The molecule has 0 N–H and O–H groups in total. The molecule has 1 aliphatic rings. The first-order chi connectivity index (χ1) is 14.3. The number of hydrogen-bond donors (Lipinski definition) is 0. The van der Waals surface area contributed by atoms with E-state index in [9.17, 15) is 19.2 Å². The van der Waals surface area contributed by atoms with Gasteiger partial charge in [-0.3, -0.25) is 14.5 Å². The SMILES string of the molecule is Cc1cc2oc(=O)cc(COC(=O)c3ccc(N4C(=O)CCC4=O)cc3)c2cc1C. The second-order valence-corrected chi connectivity index (χ2v) is 7.27. The molecule has 7 nitrogen and oxygen atoms in total. The lowest BCUT2D eigenvalue weighted by atomic mass is 10.0. The standard InChI is InChI=1S/C23H19NO6/c1-13-9-18-16(11-22(27)30-19(18)10-14(13)2)12-29-23(28)15-3-5-17(6-4-15)24-20(25)7-8-21(24)26/h3-6,9-11H,7-8,12H2,1-2H3. The fraction of sp³-hybridized carbons (Fsp3) is 0.217. The number of carbonyl (C=O) groups excluding carboxylic acids is 3. The molecule has 1 aliphatic heterocycles. The molecule has 0 saturated carbocycles. The summed E-state index contributed by atoms with van der Waals surface area (Å²) < 4.78 is 10.6. The van der Waals surface area contributed by atoms with Crippen molar-refractivity contribution in [3.05, 3.63) is 75.1 Å². The van der Waals surface area contributed by atoms with E-state index in [0.717, 1.165) is 16.0 Å². The van der Waals surface area contributed by atoms with Gasteiger partial charge < -0.3 is 9.15 Å². The van der Waals surface area contributed by atoms with E-state index in [-0.39, 0.29) is 36.8 Å². The molecule has 2 amide bonds. The zero-order valence-corrected chi connectivity index (χ0v) is 16.6. The summed E-state index contributed by atoms with van der Waals surface area (Å²) in [5.41, 5.74) is 3.22. The van der Waals surface area contributed by atoms with Crippen LogP contribution in [0.3, 0.4) is 0 Å². The Labute approximate surface area is 171 Å². The van der Waals surface area contributed by atoms with Crippen molar-refractivity contribution in [3.63, 3.8) is 0 Å². The Kier molecular flexibility index (Phi) is 4.95. The Morgan fingerprint density at radius 1 is 0.967 bits per heavy atom. The number of imide groups is 1. The quantitative estimate of drug-likeness (QED) is 0.375. The molecule has 0 spiro atoms. The molecule has 2 heterocycles. The molecule has 2 aromatic carbocycles. The van der Waals surface area contributed by atoms with Gasteiger partial charge in [0.05, 0.1) is 11.3 Å². The van der Waals surface area contributed by atoms with E-state index in [1.807, 2.05) is 19.9 Å². The third kappa shape index (κ3) is 3.61. The van der Waals surface area contributed by atoms with Crippen LogP contribution in [0.25, 0.3) is 11.0 Å². The molecular formula is C23H19NO6. The Hall–Kier alpha value is -3.74. The third-order valence-corrected chi connectivity index (χ3v) is 5.22. The van der Waals surface area contributed by atoms with Crippen LogP contribution in [0.15, 0.2) is 51.7 Å². The van der Waals surface area contributed by atoms with Crippen molar-refractivity contribution < 1.29 is 23.5 Å². The summed E-state index contributed by atoms with van der Waals surface area (Å²) >= 11 is 0. The second-order valence-electron chi connectivity index (χ2n) is 7.27. The fourth-order valence-electron chi connectivity index (χ4n) is 3.44. The summed E-state index contributed by atoms with van der Waals surface area (Å²) in [5.74, 6) is -1.09. The summed E-state index contributed by atoms with van der Waals surface area (Å²) in [7, 11) is 0. The second kappa shape index (κ2) is 7.59. The molecule has 0 radical (unpaired) electrons. The fourth-order valence-corrected chi connectivity index (χ4v) is 3.44. The largest absolute Gasteiger partial charge is 0.457 e. The minimum Gasteiger partial charge on any atom is -0.457 e. The Balaban J connectivity index is 1.53. The summed E-state index contributed by atoms with van der Waals surface area (Å²) in [4.78, 5) is 49.1. The Bertz CT molecular complexity index is 1220. The van der Waals surface area contributed by atoms with E-state index < -0.39 is 11.6 Å². The van der Waals surface area contributed by atoms with Gasteiger partial charge in [0.2, 0.25) is 11.8 Å². The first-order valence-electron chi connectivity index (χ1n) is 9.50. The number of ether oxygens (including phenoxy) is 1. The highest BCUT2D eigenvalue weighted by molar-refractivity contribution is 6.19. The topological polar surface area (TPSA) is 93.9 Å². The van der Waals surface area contributed by atoms with Crippen LogP contribution >= 0.6 is 0 Å². The van der Waals surface area contributed by atoms with Crippen LogP contribution in [-0.4, -0.2) is 17.8 Å². The molecule has 152 valence electrons. The minimum atomic E-state index is -0.578. The van der Waals surface area contributed by atoms with E-state index >= 15 is 0 Å². The number of fused-ring (bicyclic) bond motifs is 1. The van der Waals surface area contributed by atoms with Gasteiger partial charge in [0, 0.05) is 29.9 Å². The number of carbonyl (C=O) groups is 3. The number of aryl methyl sites for hydroxylation is 2. The maximum Gasteiger partial charge on any atom is 0.338 e. The molecule has 1 fully saturated rings. The predicted octanol–water partition coefficient (Wildman–Crippen LogP) is 3.42. The Morgan fingerprint density at radius 2 is 1.60 bits per heavy atom. The van der Waals surface area contributed by atoms with Crippen LogP contribution in [0, 0.1) is 13.8 Å². The van der Waals surface area contributed by atoms with Crippen molar-refractivity contribution in [1.29, 1.82) is 0 Å². The van der Waals surface area contributed by atoms with Crippen molar-refractivity contribution in [2.24, 2.45) is 0 Å². The van der Waals surface area contributed by atoms with E-state index in [4.69, 9.17) is 9.15 Å². The van der Waals surface area contributed by atoms with Gasteiger partial charge in [-0.15, -0.1) is 0 Å². The molecule has 0 aliphatic carbocycles. The van der Waals surface area contributed by atoms with Gasteiger partial charge in [-0.25, -0.2) is 9.59 Å². The summed E-state index contributed by atoms with van der Waals surface area (Å²) in [5, 5.41) is 0.715. The number of esters is 1. The predicted molar refractivity (Wildman–Crippen MR) is 109 cm³/mol. The maximum atomic E-state index is 12.5. The number of benzene rings is 2. The normalized spacial score (nSPS) is 13.9.